The van der Waals surface area contributed by atoms with Crippen LogP contribution in [-0.4, -0.2) is 85.7 Å². The predicted molar refractivity (Wildman–Crippen MR) is 195 cm³/mol. The molecule has 0 aliphatic carbocycles. The van der Waals surface area contributed by atoms with Crippen molar-refractivity contribution >= 4 is 58.3 Å². The van der Waals surface area contributed by atoms with Gasteiger partial charge in [-0.2, -0.15) is 10.1 Å². The maximum absolute atomic E-state index is 13.3. The number of carbonyl (C=O) groups excluding carboxylic acids is 5. The van der Waals surface area contributed by atoms with Crippen molar-refractivity contribution in [3.63, 3.8) is 0 Å². The quantitative estimate of drug-likeness (QED) is 0.0529. The maximum atomic E-state index is 13.3. The van der Waals surface area contributed by atoms with Gasteiger partial charge in [0, 0.05) is 73.4 Å². The Hall–Kier alpha value is -6.38. The molecular formula is C37H40N10O5. The van der Waals surface area contributed by atoms with Gasteiger partial charge in [0.1, 0.15) is 11.9 Å². The summed E-state index contributed by atoms with van der Waals surface area (Å²) in [6.07, 6.45) is 8.50. The summed E-state index contributed by atoms with van der Waals surface area (Å²) in [7, 11) is 1.48. The Morgan fingerprint density at radius 1 is 1.00 bits per heavy atom. The second kappa shape index (κ2) is 16.1. The summed E-state index contributed by atoms with van der Waals surface area (Å²) in [5, 5.41) is 17.2. The van der Waals surface area contributed by atoms with Crippen LogP contribution in [0.25, 0.3) is 22.3 Å². The van der Waals surface area contributed by atoms with Crippen molar-refractivity contribution in [1.82, 2.24) is 40.3 Å². The molecule has 0 bridgehead atoms. The number of aryl methyl sites for hydroxylation is 1. The van der Waals surface area contributed by atoms with Gasteiger partial charge in [-0.25, -0.2) is 4.98 Å². The Morgan fingerprint density at radius 3 is 2.58 bits per heavy atom. The monoisotopic (exact) mass is 704 g/mol. The molecule has 15 heteroatoms. The van der Waals surface area contributed by atoms with Gasteiger partial charge >= 0.3 is 0 Å². The number of imide groups is 1. The zero-order valence-electron chi connectivity index (χ0n) is 28.9. The van der Waals surface area contributed by atoms with E-state index in [1.165, 1.54) is 7.05 Å². The van der Waals surface area contributed by atoms with Crippen LogP contribution in [-0.2, 0) is 16.1 Å². The van der Waals surface area contributed by atoms with Crippen molar-refractivity contribution in [1.29, 1.82) is 0 Å². The zero-order chi connectivity index (χ0) is 36.6. The molecule has 1 aliphatic heterocycles. The highest BCUT2D eigenvalue weighted by molar-refractivity contribution is 6.24. The number of rotatable bonds is 17. The van der Waals surface area contributed by atoms with Crippen LogP contribution in [0, 0.1) is 0 Å². The largest absolute Gasteiger partial charge is 0.384 e. The normalized spacial score (nSPS) is 12.8. The fraction of sp³-hybridized carbons (Fsp3) is 0.297. The SMILES string of the molecule is CCCn1cc(-c2nc(Nc3ccc(C(=O)NCCCCNc4cccc5c4C(=O)N(C(C=O)CCC(=O)NC)C5=O)cc3)nc3[nH]ccc23)cn1. The van der Waals surface area contributed by atoms with Crippen molar-refractivity contribution in [2.45, 2.75) is 51.6 Å². The van der Waals surface area contributed by atoms with Crippen LogP contribution >= 0.6 is 0 Å². The van der Waals surface area contributed by atoms with Gasteiger partial charge in [0.05, 0.1) is 29.1 Å². The number of aromatic nitrogens is 5. The van der Waals surface area contributed by atoms with Crippen molar-refractivity contribution in [3.8, 4) is 11.3 Å². The van der Waals surface area contributed by atoms with Gasteiger partial charge in [0.15, 0.2) is 0 Å². The van der Waals surface area contributed by atoms with Crippen molar-refractivity contribution in [2.75, 3.05) is 30.8 Å². The molecule has 5 N–H and O–H groups in total. The minimum absolute atomic E-state index is 0.00753. The molecule has 5 aromatic rings. The third-order valence-corrected chi connectivity index (χ3v) is 8.76. The van der Waals surface area contributed by atoms with Crippen molar-refractivity contribution in [2.24, 2.45) is 0 Å². The number of anilines is 3. The lowest BCUT2D eigenvalue weighted by atomic mass is 10.1. The Labute approximate surface area is 299 Å². The highest BCUT2D eigenvalue weighted by atomic mass is 16.2. The summed E-state index contributed by atoms with van der Waals surface area (Å²) >= 11 is 0. The predicted octanol–water partition coefficient (Wildman–Crippen LogP) is 4.29. The molecule has 1 atom stereocenters. The molecule has 0 saturated carbocycles. The number of nitrogens with one attached hydrogen (secondary N) is 5. The number of hydrogen-bond acceptors (Lipinski definition) is 10. The van der Waals surface area contributed by atoms with E-state index in [1.807, 2.05) is 23.1 Å². The standard InChI is InChI=1S/C37H40N10O5/c1-3-19-46-21-24(20-42-46)32-28-15-18-40-33(28)45-37(44-32)43-25-11-9-23(10-12-25)34(50)41-17-5-4-16-39-29-8-6-7-27-31(29)36(52)47(35(27)51)26(22-48)13-14-30(49)38-2/h6-12,15,18,20-22,26,39H,3-5,13-14,16-17,19H2,1-2H3,(H,38,49)(H,41,50)(H2,40,43,44,45). The molecule has 1 aliphatic rings. The molecule has 4 amide bonds. The van der Waals surface area contributed by atoms with E-state index in [4.69, 9.17) is 4.98 Å². The Morgan fingerprint density at radius 2 is 1.81 bits per heavy atom. The van der Waals surface area contributed by atoms with Gasteiger partial charge in [-0.1, -0.05) is 13.0 Å². The molecule has 4 heterocycles. The Kier molecular flexibility index (Phi) is 11.0. The zero-order valence-corrected chi connectivity index (χ0v) is 28.9. The van der Waals surface area contributed by atoms with E-state index in [0.717, 1.165) is 40.2 Å². The minimum atomic E-state index is -1.04. The summed E-state index contributed by atoms with van der Waals surface area (Å²) in [5.74, 6) is -1.21. The van der Waals surface area contributed by atoms with Crippen LogP contribution in [0.4, 0.5) is 17.3 Å². The van der Waals surface area contributed by atoms with Gasteiger partial charge in [-0.05, 0) is 68.1 Å². The van der Waals surface area contributed by atoms with Crippen LogP contribution < -0.4 is 21.3 Å². The smallest absolute Gasteiger partial charge is 0.264 e. The summed E-state index contributed by atoms with van der Waals surface area (Å²) in [5.41, 5.74) is 4.50. The molecule has 15 nitrogen and oxygen atoms in total. The molecular weight excluding hydrogens is 664 g/mol. The summed E-state index contributed by atoms with van der Waals surface area (Å²) in [6, 6.07) is 12.9. The first-order chi connectivity index (χ1) is 25.3. The number of nitrogens with zero attached hydrogens (tertiary/aromatic N) is 5. The van der Waals surface area contributed by atoms with Crippen LogP contribution in [0.2, 0.25) is 0 Å². The third-order valence-electron chi connectivity index (χ3n) is 8.76. The topological polar surface area (TPSA) is 196 Å². The summed E-state index contributed by atoms with van der Waals surface area (Å²) < 4.78 is 1.90. The van der Waals surface area contributed by atoms with Gasteiger partial charge in [-0.15, -0.1) is 0 Å². The molecule has 0 fully saturated rings. The number of benzene rings is 2. The molecule has 0 radical (unpaired) electrons. The average molecular weight is 705 g/mol. The van der Waals surface area contributed by atoms with E-state index in [0.29, 0.717) is 55.1 Å². The Balaban J connectivity index is 0.982. The number of aldehydes is 1. The highest BCUT2D eigenvalue weighted by Crippen LogP contribution is 2.32. The third kappa shape index (κ3) is 7.67. The van der Waals surface area contributed by atoms with E-state index in [1.54, 1.807) is 48.7 Å². The summed E-state index contributed by atoms with van der Waals surface area (Å²) in [6.45, 7) is 3.85. The molecule has 52 heavy (non-hydrogen) atoms. The fourth-order valence-corrected chi connectivity index (χ4v) is 6.08. The number of aromatic amines is 1. The number of amides is 4. The fourth-order valence-electron chi connectivity index (χ4n) is 6.08. The number of H-pyrrole nitrogens is 1. The van der Waals surface area contributed by atoms with Crippen LogP contribution in [0.1, 0.15) is 70.1 Å². The highest BCUT2D eigenvalue weighted by Gasteiger charge is 2.41. The van der Waals surface area contributed by atoms with E-state index in [2.05, 4.69) is 43.3 Å². The maximum Gasteiger partial charge on any atom is 0.264 e. The first-order valence-electron chi connectivity index (χ1n) is 17.2. The number of hydrogen-bond donors (Lipinski definition) is 5. The molecule has 6 rings (SSSR count). The van der Waals surface area contributed by atoms with Gasteiger partial charge < -0.3 is 31.0 Å². The van der Waals surface area contributed by atoms with Crippen molar-refractivity contribution in [3.05, 3.63) is 83.8 Å². The van der Waals surface area contributed by atoms with E-state index in [-0.39, 0.29) is 35.8 Å². The number of unbranched alkanes of at least 4 members (excludes halogenated alkanes) is 1. The second-order valence-electron chi connectivity index (χ2n) is 12.3. The molecule has 268 valence electrons. The lowest BCUT2D eigenvalue weighted by Crippen LogP contribution is -2.41. The van der Waals surface area contributed by atoms with E-state index >= 15 is 0 Å². The van der Waals surface area contributed by atoms with E-state index < -0.39 is 17.9 Å². The molecule has 2 aromatic carbocycles. The second-order valence-corrected chi connectivity index (χ2v) is 12.3. The number of carbonyl (C=O) groups is 5. The van der Waals surface area contributed by atoms with Gasteiger partial charge in [0.25, 0.3) is 17.7 Å². The van der Waals surface area contributed by atoms with Gasteiger partial charge in [-0.3, -0.25) is 28.8 Å². The number of fused-ring (bicyclic) bond motifs is 2. The van der Waals surface area contributed by atoms with Crippen LogP contribution in [0.15, 0.2) is 67.1 Å². The van der Waals surface area contributed by atoms with Crippen LogP contribution in [0.3, 0.4) is 0 Å². The first kappa shape index (κ1) is 35.4. The molecule has 0 spiro atoms. The molecule has 3 aromatic heterocycles. The molecule has 1 unspecified atom stereocenters. The van der Waals surface area contributed by atoms with Gasteiger partial charge in [0.2, 0.25) is 11.9 Å². The average Bonchev–Trinajstić information content (AvgIpc) is 3.89. The van der Waals surface area contributed by atoms with Crippen LogP contribution in [0.5, 0.6) is 0 Å². The summed E-state index contributed by atoms with van der Waals surface area (Å²) in [4.78, 5) is 76.1. The molecule has 0 saturated heterocycles. The van der Waals surface area contributed by atoms with Crippen molar-refractivity contribution < 1.29 is 24.0 Å². The lowest BCUT2D eigenvalue weighted by Gasteiger charge is -2.21. The minimum Gasteiger partial charge on any atom is -0.384 e. The Bertz CT molecular complexity index is 2110. The lowest BCUT2D eigenvalue weighted by molar-refractivity contribution is -0.121. The van der Waals surface area contributed by atoms with E-state index in [9.17, 15) is 24.0 Å². The first-order valence-corrected chi connectivity index (χ1v) is 17.2.